The fourth-order valence-corrected chi connectivity index (χ4v) is 4.09. The SMILES string of the molecule is Cc1ccc(-n2c3ccccc3c3cc(B4OC(C)(C)C(C)(C)O4)ccc32)cc1. The average Bonchev–Trinajstić information content (AvgIpc) is 3.12. The van der Waals surface area contributed by atoms with Crippen LogP contribution in [0.25, 0.3) is 27.5 Å². The van der Waals surface area contributed by atoms with E-state index in [1.54, 1.807) is 0 Å². The highest BCUT2D eigenvalue weighted by Crippen LogP contribution is 2.37. The highest BCUT2D eigenvalue weighted by atomic mass is 16.7. The molecule has 1 aliphatic heterocycles. The van der Waals surface area contributed by atoms with Gasteiger partial charge in [-0.3, -0.25) is 0 Å². The second-order valence-electron chi connectivity index (χ2n) is 9.05. The summed E-state index contributed by atoms with van der Waals surface area (Å²) in [6.07, 6.45) is 0. The van der Waals surface area contributed by atoms with Gasteiger partial charge in [0.25, 0.3) is 0 Å². The van der Waals surface area contributed by atoms with Crippen LogP contribution in [0, 0.1) is 6.92 Å². The van der Waals surface area contributed by atoms with Gasteiger partial charge in [0.2, 0.25) is 0 Å². The Balaban J connectivity index is 1.70. The zero-order valence-electron chi connectivity index (χ0n) is 17.7. The second kappa shape index (κ2) is 6.22. The summed E-state index contributed by atoms with van der Waals surface area (Å²) in [5.74, 6) is 0. The van der Waals surface area contributed by atoms with Gasteiger partial charge in [-0.1, -0.05) is 48.0 Å². The molecule has 2 heterocycles. The lowest BCUT2D eigenvalue weighted by Crippen LogP contribution is -2.41. The maximum absolute atomic E-state index is 6.29. The number of benzene rings is 3. The van der Waals surface area contributed by atoms with Crippen molar-refractivity contribution in [3.8, 4) is 5.69 Å². The summed E-state index contributed by atoms with van der Waals surface area (Å²) in [5, 5.41) is 2.45. The highest BCUT2D eigenvalue weighted by molar-refractivity contribution is 6.62. The number of nitrogens with zero attached hydrogens (tertiary/aromatic N) is 1. The molecule has 3 aromatic carbocycles. The van der Waals surface area contributed by atoms with E-state index in [0.717, 1.165) is 5.46 Å². The number of aromatic nitrogens is 1. The third kappa shape index (κ3) is 2.82. The van der Waals surface area contributed by atoms with Gasteiger partial charge < -0.3 is 13.9 Å². The van der Waals surface area contributed by atoms with Crippen molar-refractivity contribution in [1.82, 2.24) is 4.57 Å². The minimum absolute atomic E-state index is 0.345. The van der Waals surface area contributed by atoms with Gasteiger partial charge in [-0.05, 0) is 64.3 Å². The lowest BCUT2D eigenvalue weighted by Gasteiger charge is -2.32. The Morgan fingerprint density at radius 2 is 1.34 bits per heavy atom. The van der Waals surface area contributed by atoms with Crippen LogP contribution in [0.2, 0.25) is 0 Å². The lowest BCUT2D eigenvalue weighted by atomic mass is 9.78. The first-order chi connectivity index (χ1) is 13.8. The van der Waals surface area contributed by atoms with Gasteiger partial charge in [-0.15, -0.1) is 0 Å². The molecule has 3 nitrogen and oxygen atoms in total. The molecule has 4 aromatic rings. The number of para-hydroxylation sites is 1. The number of fused-ring (bicyclic) bond motifs is 3. The van der Waals surface area contributed by atoms with Crippen molar-refractivity contribution in [2.45, 2.75) is 45.8 Å². The monoisotopic (exact) mass is 383 g/mol. The van der Waals surface area contributed by atoms with Crippen LogP contribution in [0.5, 0.6) is 0 Å². The number of hydrogen-bond acceptors (Lipinski definition) is 2. The predicted octanol–water partition coefficient (Wildman–Crippen LogP) is 5.39. The fourth-order valence-electron chi connectivity index (χ4n) is 4.09. The van der Waals surface area contributed by atoms with Gasteiger partial charge >= 0.3 is 7.12 Å². The van der Waals surface area contributed by atoms with E-state index in [9.17, 15) is 0 Å². The molecule has 0 spiro atoms. The van der Waals surface area contributed by atoms with Crippen molar-refractivity contribution in [2.24, 2.45) is 0 Å². The molecule has 0 bridgehead atoms. The molecule has 29 heavy (non-hydrogen) atoms. The van der Waals surface area contributed by atoms with E-state index in [-0.39, 0.29) is 18.3 Å². The van der Waals surface area contributed by atoms with Crippen LogP contribution < -0.4 is 5.46 Å². The molecular formula is C25H26BNO2. The topological polar surface area (TPSA) is 23.4 Å². The third-order valence-electron chi connectivity index (χ3n) is 6.51. The van der Waals surface area contributed by atoms with Gasteiger partial charge in [0.05, 0.1) is 22.2 Å². The first-order valence-corrected chi connectivity index (χ1v) is 10.2. The van der Waals surface area contributed by atoms with Crippen LogP contribution in [0.3, 0.4) is 0 Å². The molecule has 1 fully saturated rings. The largest absolute Gasteiger partial charge is 0.494 e. The summed E-state index contributed by atoms with van der Waals surface area (Å²) >= 11 is 0. The fraction of sp³-hybridized carbons (Fsp3) is 0.280. The molecule has 0 aliphatic carbocycles. The first kappa shape index (κ1) is 18.5. The molecule has 0 saturated carbocycles. The molecule has 146 valence electrons. The quantitative estimate of drug-likeness (QED) is 0.433. The predicted molar refractivity (Wildman–Crippen MR) is 121 cm³/mol. The van der Waals surface area contributed by atoms with Crippen molar-refractivity contribution in [3.05, 3.63) is 72.3 Å². The van der Waals surface area contributed by atoms with Crippen LogP contribution >= 0.6 is 0 Å². The summed E-state index contributed by atoms with van der Waals surface area (Å²) in [6.45, 7) is 10.5. The molecule has 0 atom stereocenters. The molecule has 0 amide bonds. The Bertz CT molecular complexity index is 1210. The Labute approximate surface area is 172 Å². The van der Waals surface area contributed by atoms with Gasteiger partial charge in [-0.2, -0.15) is 0 Å². The summed E-state index contributed by atoms with van der Waals surface area (Å²) in [5.41, 5.74) is 5.20. The van der Waals surface area contributed by atoms with E-state index >= 15 is 0 Å². The Morgan fingerprint density at radius 3 is 2.03 bits per heavy atom. The van der Waals surface area contributed by atoms with E-state index in [4.69, 9.17) is 9.31 Å². The third-order valence-corrected chi connectivity index (χ3v) is 6.51. The maximum atomic E-state index is 6.29. The zero-order chi connectivity index (χ0) is 20.4. The summed E-state index contributed by atoms with van der Waals surface area (Å²) < 4.78 is 14.9. The Hall–Kier alpha value is -2.56. The molecule has 1 saturated heterocycles. The molecule has 0 radical (unpaired) electrons. The number of rotatable bonds is 2. The standard InChI is InChI=1S/C25H26BNO2/c1-17-10-13-19(14-11-17)27-22-9-7-6-8-20(22)21-16-18(12-15-23(21)27)26-28-24(2,3)25(4,5)29-26/h6-16H,1-5H3. The van der Waals surface area contributed by atoms with Gasteiger partial charge in [0.15, 0.2) is 0 Å². The van der Waals surface area contributed by atoms with Gasteiger partial charge in [0.1, 0.15) is 0 Å². The molecular weight excluding hydrogens is 357 g/mol. The second-order valence-corrected chi connectivity index (χ2v) is 9.05. The van der Waals surface area contributed by atoms with E-state index < -0.39 is 0 Å². The molecule has 4 heteroatoms. The Kier molecular flexibility index (Phi) is 3.96. The summed E-state index contributed by atoms with van der Waals surface area (Å²) in [6, 6.07) is 23.8. The molecule has 0 N–H and O–H groups in total. The molecule has 1 aliphatic rings. The van der Waals surface area contributed by atoms with E-state index in [2.05, 4.69) is 106 Å². The number of aryl methyl sites for hydroxylation is 1. The van der Waals surface area contributed by atoms with Gasteiger partial charge in [0, 0.05) is 16.5 Å². The lowest BCUT2D eigenvalue weighted by molar-refractivity contribution is 0.00578. The van der Waals surface area contributed by atoms with Crippen LogP contribution in [0.1, 0.15) is 33.3 Å². The summed E-state index contributed by atoms with van der Waals surface area (Å²) in [4.78, 5) is 0. The average molecular weight is 383 g/mol. The first-order valence-electron chi connectivity index (χ1n) is 10.2. The normalized spacial score (nSPS) is 18.0. The van der Waals surface area contributed by atoms with Crippen molar-refractivity contribution in [3.63, 3.8) is 0 Å². The van der Waals surface area contributed by atoms with Crippen molar-refractivity contribution in [1.29, 1.82) is 0 Å². The Morgan fingerprint density at radius 1 is 0.724 bits per heavy atom. The number of hydrogen-bond donors (Lipinski definition) is 0. The van der Waals surface area contributed by atoms with Crippen LogP contribution in [-0.2, 0) is 9.31 Å². The minimum atomic E-state index is -0.356. The van der Waals surface area contributed by atoms with E-state index in [0.29, 0.717) is 0 Å². The van der Waals surface area contributed by atoms with Crippen LogP contribution in [-0.4, -0.2) is 22.9 Å². The molecule has 5 rings (SSSR count). The van der Waals surface area contributed by atoms with Crippen LogP contribution in [0.4, 0.5) is 0 Å². The smallest absolute Gasteiger partial charge is 0.399 e. The van der Waals surface area contributed by atoms with Crippen molar-refractivity contribution >= 4 is 34.4 Å². The van der Waals surface area contributed by atoms with E-state index in [1.165, 1.54) is 33.1 Å². The maximum Gasteiger partial charge on any atom is 0.494 e. The summed E-state index contributed by atoms with van der Waals surface area (Å²) in [7, 11) is -0.356. The molecule has 1 aromatic heterocycles. The zero-order valence-corrected chi connectivity index (χ0v) is 17.7. The molecule has 0 unspecified atom stereocenters. The van der Waals surface area contributed by atoms with Crippen LogP contribution in [0.15, 0.2) is 66.7 Å². The minimum Gasteiger partial charge on any atom is -0.399 e. The highest BCUT2D eigenvalue weighted by Gasteiger charge is 2.51. The van der Waals surface area contributed by atoms with Gasteiger partial charge in [-0.25, -0.2) is 0 Å². The van der Waals surface area contributed by atoms with Crippen molar-refractivity contribution < 1.29 is 9.31 Å². The van der Waals surface area contributed by atoms with E-state index in [1.807, 2.05) is 0 Å². The van der Waals surface area contributed by atoms with Crippen molar-refractivity contribution in [2.75, 3.05) is 0 Å².